The molecule has 1 heterocycles. The topological polar surface area (TPSA) is 68.1 Å². The first-order valence-electron chi connectivity index (χ1n) is 7.78. The quantitative estimate of drug-likeness (QED) is 0.781. The number of rotatable bonds is 5. The molecule has 5 nitrogen and oxygen atoms in total. The molecule has 24 heavy (non-hydrogen) atoms. The van der Waals surface area contributed by atoms with Crippen LogP contribution in [0.2, 0.25) is 0 Å². The highest BCUT2D eigenvalue weighted by molar-refractivity contribution is 5.63. The largest absolute Gasteiger partial charge is 0.491 e. The van der Waals surface area contributed by atoms with Gasteiger partial charge in [-0.15, -0.1) is 0 Å². The lowest BCUT2D eigenvalue weighted by atomic mass is 10.1. The van der Waals surface area contributed by atoms with Crippen molar-refractivity contribution >= 4 is 0 Å². The van der Waals surface area contributed by atoms with Gasteiger partial charge in [-0.3, -0.25) is 0 Å². The molecule has 0 saturated carbocycles. The van der Waals surface area contributed by atoms with Gasteiger partial charge in [0.05, 0.1) is 6.61 Å². The van der Waals surface area contributed by atoms with Gasteiger partial charge < -0.3 is 9.84 Å². The minimum atomic E-state index is -0.00548. The van der Waals surface area contributed by atoms with E-state index in [2.05, 4.69) is 40.9 Å². The van der Waals surface area contributed by atoms with Crippen LogP contribution in [-0.2, 0) is 0 Å². The fraction of sp³-hybridized carbons (Fsp3) is 0.211. The molecule has 0 aliphatic heterocycles. The number of aryl methyl sites for hydroxylation is 2. The van der Waals surface area contributed by atoms with E-state index in [1.54, 1.807) is 0 Å². The minimum Gasteiger partial charge on any atom is -0.491 e. The molecular formula is C19H19N3O2. The second kappa shape index (κ2) is 7.19. The predicted molar refractivity (Wildman–Crippen MR) is 92.8 cm³/mol. The predicted octanol–water partition coefficient (Wildman–Crippen LogP) is 3.19. The van der Waals surface area contributed by atoms with Crippen molar-refractivity contribution in [1.82, 2.24) is 15.0 Å². The summed E-state index contributed by atoms with van der Waals surface area (Å²) in [5, 5.41) is 8.79. The summed E-state index contributed by atoms with van der Waals surface area (Å²) in [5.74, 6) is 1.99. The van der Waals surface area contributed by atoms with E-state index in [0.717, 1.165) is 16.7 Å². The fourth-order valence-corrected chi connectivity index (χ4v) is 2.49. The summed E-state index contributed by atoms with van der Waals surface area (Å²) in [5.41, 5.74) is 4.25. The van der Waals surface area contributed by atoms with Crippen LogP contribution in [0.4, 0.5) is 0 Å². The number of benzene rings is 2. The minimum absolute atomic E-state index is 0.00548. The van der Waals surface area contributed by atoms with E-state index >= 15 is 0 Å². The lowest BCUT2D eigenvalue weighted by Crippen LogP contribution is -2.01. The maximum Gasteiger partial charge on any atom is 0.163 e. The van der Waals surface area contributed by atoms with Gasteiger partial charge >= 0.3 is 0 Å². The summed E-state index contributed by atoms with van der Waals surface area (Å²) in [7, 11) is 0. The van der Waals surface area contributed by atoms with Crippen molar-refractivity contribution in [2.45, 2.75) is 13.8 Å². The van der Waals surface area contributed by atoms with Gasteiger partial charge in [0.15, 0.2) is 11.6 Å². The van der Waals surface area contributed by atoms with Gasteiger partial charge in [-0.25, -0.2) is 15.0 Å². The molecule has 0 aliphatic carbocycles. The van der Waals surface area contributed by atoms with E-state index in [0.29, 0.717) is 17.4 Å². The Bertz CT molecular complexity index is 832. The summed E-state index contributed by atoms with van der Waals surface area (Å²) < 4.78 is 5.36. The standard InChI is InChI=1S/C19H19N3O2/c1-13-3-8-17(14(2)11-13)19-21-12-20-18(22-19)15-4-6-16(7-5-15)24-10-9-23/h3-8,11-12,23H,9-10H2,1-2H3. The van der Waals surface area contributed by atoms with Crippen LogP contribution in [0.15, 0.2) is 48.8 Å². The van der Waals surface area contributed by atoms with Gasteiger partial charge in [0.1, 0.15) is 18.7 Å². The number of nitrogens with zero attached hydrogens (tertiary/aromatic N) is 3. The number of ether oxygens (including phenoxy) is 1. The van der Waals surface area contributed by atoms with Crippen LogP contribution in [0, 0.1) is 13.8 Å². The van der Waals surface area contributed by atoms with Gasteiger partial charge in [0.2, 0.25) is 0 Å². The average Bonchev–Trinajstić information content (AvgIpc) is 2.60. The van der Waals surface area contributed by atoms with Gasteiger partial charge in [-0.05, 0) is 43.7 Å². The van der Waals surface area contributed by atoms with Crippen LogP contribution in [0.5, 0.6) is 5.75 Å². The Morgan fingerprint density at radius 1 is 0.958 bits per heavy atom. The molecule has 122 valence electrons. The number of aliphatic hydroxyl groups excluding tert-OH is 1. The van der Waals surface area contributed by atoms with Crippen molar-refractivity contribution in [1.29, 1.82) is 0 Å². The summed E-state index contributed by atoms with van der Waals surface area (Å²) in [6.45, 7) is 4.39. The molecule has 0 fully saturated rings. The van der Waals surface area contributed by atoms with Crippen LogP contribution in [-0.4, -0.2) is 33.3 Å². The second-order valence-corrected chi connectivity index (χ2v) is 5.55. The van der Waals surface area contributed by atoms with E-state index in [9.17, 15) is 0 Å². The average molecular weight is 321 g/mol. The zero-order chi connectivity index (χ0) is 16.9. The number of hydrogen-bond donors (Lipinski definition) is 1. The number of aliphatic hydroxyl groups is 1. The number of hydrogen-bond acceptors (Lipinski definition) is 5. The smallest absolute Gasteiger partial charge is 0.163 e. The Balaban J connectivity index is 1.90. The van der Waals surface area contributed by atoms with Gasteiger partial charge in [-0.1, -0.05) is 23.8 Å². The molecule has 0 aliphatic rings. The van der Waals surface area contributed by atoms with Crippen molar-refractivity contribution in [2.75, 3.05) is 13.2 Å². The summed E-state index contributed by atoms with van der Waals surface area (Å²) in [6.07, 6.45) is 1.53. The highest BCUT2D eigenvalue weighted by Crippen LogP contribution is 2.24. The fourth-order valence-electron chi connectivity index (χ4n) is 2.49. The molecule has 5 heteroatoms. The highest BCUT2D eigenvalue weighted by Gasteiger charge is 2.08. The van der Waals surface area contributed by atoms with Gasteiger partial charge in [0.25, 0.3) is 0 Å². The molecule has 1 N–H and O–H groups in total. The SMILES string of the molecule is Cc1ccc(-c2ncnc(-c3ccc(OCCO)cc3)n2)c(C)c1. The molecule has 0 spiro atoms. The monoisotopic (exact) mass is 321 g/mol. The first-order chi connectivity index (χ1) is 11.7. The highest BCUT2D eigenvalue weighted by atomic mass is 16.5. The Labute approximate surface area is 141 Å². The molecule has 1 aromatic heterocycles. The Kier molecular flexibility index (Phi) is 4.82. The third-order valence-electron chi connectivity index (χ3n) is 3.67. The van der Waals surface area contributed by atoms with E-state index in [-0.39, 0.29) is 13.2 Å². The Hall–Kier alpha value is -2.79. The van der Waals surface area contributed by atoms with Crippen molar-refractivity contribution in [3.63, 3.8) is 0 Å². The Morgan fingerprint density at radius 3 is 2.42 bits per heavy atom. The lowest BCUT2D eigenvalue weighted by Gasteiger charge is -2.08. The molecule has 0 radical (unpaired) electrons. The third kappa shape index (κ3) is 3.58. The molecule has 0 unspecified atom stereocenters. The van der Waals surface area contributed by atoms with Crippen LogP contribution < -0.4 is 4.74 Å². The van der Waals surface area contributed by atoms with Crippen LogP contribution in [0.3, 0.4) is 0 Å². The zero-order valence-corrected chi connectivity index (χ0v) is 13.7. The maximum absolute atomic E-state index is 8.79. The van der Waals surface area contributed by atoms with Gasteiger partial charge in [0, 0.05) is 11.1 Å². The van der Waals surface area contributed by atoms with E-state index in [1.807, 2.05) is 30.3 Å². The normalized spacial score (nSPS) is 10.6. The summed E-state index contributed by atoms with van der Waals surface area (Å²) in [6, 6.07) is 13.7. The zero-order valence-electron chi connectivity index (χ0n) is 13.7. The van der Waals surface area contributed by atoms with Crippen molar-refractivity contribution in [2.24, 2.45) is 0 Å². The lowest BCUT2D eigenvalue weighted by molar-refractivity contribution is 0.201. The molecule has 0 saturated heterocycles. The van der Waals surface area contributed by atoms with Crippen LogP contribution in [0.25, 0.3) is 22.8 Å². The summed E-state index contributed by atoms with van der Waals surface area (Å²) in [4.78, 5) is 13.2. The molecule has 0 bridgehead atoms. The second-order valence-electron chi connectivity index (χ2n) is 5.55. The maximum atomic E-state index is 8.79. The van der Waals surface area contributed by atoms with E-state index < -0.39 is 0 Å². The van der Waals surface area contributed by atoms with Crippen LogP contribution in [0.1, 0.15) is 11.1 Å². The molecular weight excluding hydrogens is 302 g/mol. The molecule has 0 atom stereocenters. The van der Waals surface area contributed by atoms with E-state index in [4.69, 9.17) is 9.84 Å². The Morgan fingerprint density at radius 2 is 1.71 bits per heavy atom. The first kappa shape index (κ1) is 16.1. The van der Waals surface area contributed by atoms with Crippen molar-refractivity contribution < 1.29 is 9.84 Å². The first-order valence-corrected chi connectivity index (χ1v) is 7.78. The van der Waals surface area contributed by atoms with Crippen molar-refractivity contribution in [3.8, 4) is 28.5 Å². The third-order valence-corrected chi connectivity index (χ3v) is 3.67. The molecule has 2 aromatic carbocycles. The number of aromatic nitrogens is 3. The summed E-state index contributed by atoms with van der Waals surface area (Å²) >= 11 is 0. The molecule has 0 amide bonds. The van der Waals surface area contributed by atoms with Gasteiger partial charge in [-0.2, -0.15) is 0 Å². The van der Waals surface area contributed by atoms with Crippen molar-refractivity contribution in [3.05, 3.63) is 59.9 Å². The molecule has 3 aromatic rings. The van der Waals surface area contributed by atoms with Crippen LogP contribution >= 0.6 is 0 Å². The molecule has 3 rings (SSSR count). The van der Waals surface area contributed by atoms with E-state index in [1.165, 1.54) is 11.9 Å².